The Morgan fingerprint density at radius 1 is 1.41 bits per heavy atom. The average molecular weight is 300 g/mol. The van der Waals surface area contributed by atoms with E-state index in [2.05, 4.69) is 27.8 Å². The molecule has 1 amide bonds. The van der Waals surface area contributed by atoms with Crippen molar-refractivity contribution in [2.24, 2.45) is 0 Å². The highest BCUT2D eigenvalue weighted by atomic mass is 16.5. The third kappa shape index (κ3) is 3.12. The first-order chi connectivity index (χ1) is 10.8. The van der Waals surface area contributed by atoms with Crippen molar-refractivity contribution in [2.45, 2.75) is 26.3 Å². The van der Waals surface area contributed by atoms with Crippen LogP contribution in [0.5, 0.6) is 5.75 Å². The van der Waals surface area contributed by atoms with Gasteiger partial charge >= 0.3 is 0 Å². The Bertz CT molecular complexity index is 666. The highest BCUT2D eigenvalue weighted by Gasteiger charge is 2.18. The Kier molecular flexibility index (Phi) is 4.39. The van der Waals surface area contributed by atoms with Gasteiger partial charge in [0.15, 0.2) is 12.4 Å². The van der Waals surface area contributed by atoms with Gasteiger partial charge in [-0.05, 0) is 31.0 Å². The number of carbonyl (C=O) groups excluding carboxylic acids is 1. The number of rotatable bonds is 5. The summed E-state index contributed by atoms with van der Waals surface area (Å²) in [5, 5.41) is 13.2. The molecule has 2 heterocycles. The van der Waals surface area contributed by atoms with Gasteiger partial charge in [-0.25, -0.2) is 0 Å². The van der Waals surface area contributed by atoms with Crippen LogP contribution in [-0.4, -0.2) is 29.3 Å². The lowest BCUT2D eigenvalue weighted by Crippen LogP contribution is -2.25. The maximum Gasteiger partial charge on any atom is 0.263 e. The van der Waals surface area contributed by atoms with Crippen LogP contribution in [-0.2, 0) is 24.2 Å². The lowest BCUT2D eigenvalue weighted by molar-refractivity contribution is -0.118. The summed E-state index contributed by atoms with van der Waals surface area (Å²) in [7, 11) is 0. The van der Waals surface area contributed by atoms with Gasteiger partial charge in [0, 0.05) is 12.1 Å². The molecule has 1 aromatic carbocycles. The Morgan fingerprint density at radius 2 is 2.27 bits per heavy atom. The SMILES string of the molecule is CCc1ccccc1OCC(=O)Nc1n[nH]c2c1CCNC2. The predicted molar refractivity (Wildman–Crippen MR) is 83.9 cm³/mol. The lowest BCUT2D eigenvalue weighted by Gasteiger charge is -2.13. The Labute approximate surface area is 129 Å². The van der Waals surface area contributed by atoms with E-state index in [0.717, 1.165) is 48.5 Å². The molecule has 0 fully saturated rings. The van der Waals surface area contributed by atoms with Gasteiger partial charge in [0.25, 0.3) is 5.91 Å². The van der Waals surface area contributed by atoms with Crippen molar-refractivity contribution >= 4 is 11.7 Å². The number of fused-ring (bicyclic) bond motifs is 1. The number of benzene rings is 1. The number of H-pyrrole nitrogens is 1. The highest BCUT2D eigenvalue weighted by Crippen LogP contribution is 2.20. The molecule has 1 aliphatic rings. The van der Waals surface area contributed by atoms with Gasteiger partial charge in [-0.3, -0.25) is 9.89 Å². The zero-order chi connectivity index (χ0) is 15.4. The normalized spacial score (nSPS) is 13.5. The molecule has 3 rings (SSSR count). The molecular weight excluding hydrogens is 280 g/mol. The minimum Gasteiger partial charge on any atom is -0.483 e. The number of hydrogen-bond donors (Lipinski definition) is 3. The van der Waals surface area contributed by atoms with Gasteiger partial charge in [-0.15, -0.1) is 0 Å². The van der Waals surface area contributed by atoms with Crippen molar-refractivity contribution in [3.8, 4) is 5.75 Å². The second-order valence-electron chi connectivity index (χ2n) is 5.25. The Hall–Kier alpha value is -2.34. The van der Waals surface area contributed by atoms with Crippen LogP contribution in [0.25, 0.3) is 0 Å². The largest absolute Gasteiger partial charge is 0.483 e. The first-order valence-electron chi connectivity index (χ1n) is 7.55. The van der Waals surface area contributed by atoms with Crippen molar-refractivity contribution in [3.63, 3.8) is 0 Å². The van der Waals surface area contributed by atoms with Crippen molar-refractivity contribution in [3.05, 3.63) is 41.1 Å². The molecule has 22 heavy (non-hydrogen) atoms. The number of ether oxygens (including phenoxy) is 1. The van der Waals surface area contributed by atoms with Crippen LogP contribution in [0.2, 0.25) is 0 Å². The zero-order valence-corrected chi connectivity index (χ0v) is 12.6. The number of anilines is 1. The summed E-state index contributed by atoms with van der Waals surface area (Å²) in [4.78, 5) is 12.1. The number of para-hydroxylation sites is 1. The van der Waals surface area contributed by atoms with Crippen LogP contribution in [0, 0.1) is 0 Å². The molecule has 1 aromatic heterocycles. The molecular formula is C16H20N4O2. The van der Waals surface area contributed by atoms with Crippen LogP contribution in [0.4, 0.5) is 5.82 Å². The summed E-state index contributed by atoms with van der Waals surface area (Å²) in [6.07, 6.45) is 1.73. The number of amides is 1. The number of aromatic amines is 1. The van der Waals surface area contributed by atoms with Crippen LogP contribution in [0.3, 0.4) is 0 Å². The second-order valence-corrected chi connectivity index (χ2v) is 5.25. The van der Waals surface area contributed by atoms with Crippen LogP contribution in [0.1, 0.15) is 23.7 Å². The fourth-order valence-electron chi connectivity index (χ4n) is 2.60. The number of hydrogen-bond acceptors (Lipinski definition) is 4. The van der Waals surface area contributed by atoms with Gasteiger partial charge in [0.2, 0.25) is 0 Å². The fourth-order valence-corrected chi connectivity index (χ4v) is 2.60. The van der Waals surface area contributed by atoms with Gasteiger partial charge in [-0.2, -0.15) is 5.10 Å². The number of carbonyl (C=O) groups is 1. The molecule has 0 spiro atoms. The summed E-state index contributed by atoms with van der Waals surface area (Å²) in [5.41, 5.74) is 3.22. The molecule has 0 aliphatic carbocycles. The third-order valence-electron chi connectivity index (χ3n) is 3.78. The van der Waals surface area contributed by atoms with Gasteiger partial charge in [-0.1, -0.05) is 25.1 Å². The molecule has 1 aliphatic heterocycles. The highest BCUT2D eigenvalue weighted by molar-refractivity contribution is 5.91. The third-order valence-corrected chi connectivity index (χ3v) is 3.78. The van der Waals surface area contributed by atoms with E-state index < -0.39 is 0 Å². The first-order valence-corrected chi connectivity index (χ1v) is 7.55. The smallest absolute Gasteiger partial charge is 0.263 e. The fraction of sp³-hybridized carbons (Fsp3) is 0.375. The predicted octanol–water partition coefficient (Wildman–Crippen LogP) is 1.64. The standard InChI is InChI=1S/C16H20N4O2/c1-2-11-5-3-4-6-14(11)22-10-15(21)18-16-12-7-8-17-9-13(12)19-20-16/h3-6,17H,2,7-10H2,1H3,(H2,18,19,20,21). The van der Waals surface area contributed by atoms with E-state index in [4.69, 9.17) is 4.74 Å². The maximum absolute atomic E-state index is 12.1. The molecule has 0 saturated carbocycles. The number of aryl methyl sites for hydroxylation is 1. The van der Waals surface area contributed by atoms with Gasteiger partial charge < -0.3 is 15.4 Å². The van der Waals surface area contributed by atoms with Crippen molar-refractivity contribution in [2.75, 3.05) is 18.5 Å². The molecule has 0 bridgehead atoms. The quantitative estimate of drug-likeness (QED) is 0.784. The number of nitrogens with zero attached hydrogens (tertiary/aromatic N) is 1. The summed E-state index contributed by atoms with van der Waals surface area (Å²) >= 11 is 0. The summed E-state index contributed by atoms with van der Waals surface area (Å²) < 4.78 is 5.62. The van der Waals surface area contributed by atoms with Crippen LogP contribution in [0.15, 0.2) is 24.3 Å². The van der Waals surface area contributed by atoms with E-state index in [0.29, 0.717) is 5.82 Å². The molecule has 2 aromatic rings. The van der Waals surface area contributed by atoms with E-state index in [-0.39, 0.29) is 12.5 Å². The van der Waals surface area contributed by atoms with E-state index >= 15 is 0 Å². The molecule has 0 unspecified atom stereocenters. The summed E-state index contributed by atoms with van der Waals surface area (Å²) in [6, 6.07) is 7.76. The summed E-state index contributed by atoms with van der Waals surface area (Å²) in [6.45, 7) is 3.71. The maximum atomic E-state index is 12.1. The van der Waals surface area contributed by atoms with E-state index in [1.807, 2.05) is 24.3 Å². The monoisotopic (exact) mass is 300 g/mol. The number of nitrogens with one attached hydrogen (secondary N) is 3. The first kappa shape index (κ1) is 14.6. The van der Waals surface area contributed by atoms with Gasteiger partial charge in [0.1, 0.15) is 5.75 Å². The number of aromatic nitrogens is 2. The minimum absolute atomic E-state index is 0.0170. The molecule has 6 heteroatoms. The molecule has 0 saturated heterocycles. The van der Waals surface area contributed by atoms with Crippen molar-refractivity contribution in [1.29, 1.82) is 0 Å². The second kappa shape index (κ2) is 6.62. The van der Waals surface area contributed by atoms with Crippen molar-refractivity contribution < 1.29 is 9.53 Å². The molecule has 3 N–H and O–H groups in total. The summed E-state index contributed by atoms with van der Waals surface area (Å²) in [5.74, 6) is 1.18. The van der Waals surface area contributed by atoms with Crippen LogP contribution < -0.4 is 15.4 Å². The zero-order valence-electron chi connectivity index (χ0n) is 12.6. The molecule has 0 radical (unpaired) electrons. The van der Waals surface area contributed by atoms with Crippen molar-refractivity contribution in [1.82, 2.24) is 15.5 Å². The molecule has 6 nitrogen and oxygen atoms in total. The Balaban J connectivity index is 1.60. The Morgan fingerprint density at radius 3 is 3.14 bits per heavy atom. The molecule has 116 valence electrons. The van der Waals surface area contributed by atoms with E-state index in [9.17, 15) is 4.79 Å². The molecule has 0 atom stereocenters. The average Bonchev–Trinajstić information content (AvgIpc) is 2.96. The topological polar surface area (TPSA) is 79.0 Å². The van der Waals surface area contributed by atoms with E-state index in [1.165, 1.54) is 0 Å². The van der Waals surface area contributed by atoms with Gasteiger partial charge in [0.05, 0.1) is 5.69 Å². The van der Waals surface area contributed by atoms with Crippen LogP contribution >= 0.6 is 0 Å². The lowest BCUT2D eigenvalue weighted by atomic mass is 10.1. The van der Waals surface area contributed by atoms with E-state index in [1.54, 1.807) is 0 Å². The minimum atomic E-state index is -0.196.